The second-order valence-corrected chi connectivity index (χ2v) is 8.28. The Hall–Kier alpha value is -4.20. The van der Waals surface area contributed by atoms with Gasteiger partial charge in [0.25, 0.3) is 0 Å². The number of nitrogens with zero attached hydrogens (tertiary/aromatic N) is 4. The fraction of sp³-hybridized carbons (Fsp3) is 0.200. The third kappa shape index (κ3) is 3.49. The fourth-order valence-electron chi connectivity index (χ4n) is 4.57. The highest BCUT2D eigenvalue weighted by Crippen LogP contribution is 2.37. The van der Waals surface area contributed by atoms with Gasteiger partial charge in [0.1, 0.15) is 5.69 Å². The minimum atomic E-state index is -0.231. The summed E-state index contributed by atoms with van der Waals surface area (Å²) in [5.41, 5.74) is 15.5. The van der Waals surface area contributed by atoms with Crippen molar-refractivity contribution < 1.29 is 0 Å². The van der Waals surface area contributed by atoms with Crippen molar-refractivity contribution in [1.82, 2.24) is 29.7 Å². The zero-order chi connectivity index (χ0) is 23.1. The Labute approximate surface area is 191 Å². The normalized spacial score (nSPS) is 12.3. The third-order valence-electron chi connectivity index (χ3n) is 6.09. The van der Waals surface area contributed by atoms with E-state index in [9.17, 15) is 0 Å². The molecule has 4 heterocycles. The summed E-state index contributed by atoms with van der Waals surface area (Å²) in [4.78, 5) is 12.2. The molecule has 5 aromatic rings. The van der Waals surface area contributed by atoms with E-state index >= 15 is 0 Å². The molecule has 33 heavy (non-hydrogen) atoms. The number of imidazole rings is 1. The van der Waals surface area contributed by atoms with E-state index in [1.165, 1.54) is 6.21 Å². The molecule has 5 N–H and O–H groups in total. The van der Waals surface area contributed by atoms with Crippen LogP contribution < -0.4 is 5.73 Å². The molecule has 0 spiro atoms. The summed E-state index contributed by atoms with van der Waals surface area (Å²) in [6.07, 6.45) is 9.48. The van der Waals surface area contributed by atoms with Crippen molar-refractivity contribution in [2.45, 2.75) is 33.2 Å². The van der Waals surface area contributed by atoms with E-state index in [4.69, 9.17) is 11.1 Å². The number of anilines is 1. The lowest BCUT2D eigenvalue weighted by Crippen LogP contribution is -2.12. The van der Waals surface area contributed by atoms with Gasteiger partial charge in [-0.15, -0.1) is 0 Å². The summed E-state index contributed by atoms with van der Waals surface area (Å²) in [5, 5.41) is 17.0. The summed E-state index contributed by atoms with van der Waals surface area (Å²) >= 11 is 0. The maximum absolute atomic E-state index is 8.14. The van der Waals surface area contributed by atoms with E-state index in [-0.39, 0.29) is 6.04 Å². The van der Waals surface area contributed by atoms with Crippen molar-refractivity contribution in [3.8, 4) is 22.5 Å². The van der Waals surface area contributed by atoms with Crippen LogP contribution in [0.25, 0.3) is 33.4 Å². The van der Waals surface area contributed by atoms with Crippen LogP contribution in [0.3, 0.4) is 0 Å². The molecule has 1 atom stereocenters. The second-order valence-electron chi connectivity index (χ2n) is 8.28. The zero-order valence-corrected chi connectivity index (χ0v) is 18.8. The molecular formula is C25H26N8. The van der Waals surface area contributed by atoms with Gasteiger partial charge in [-0.2, -0.15) is 5.10 Å². The Morgan fingerprint density at radius 1 is 1.18 bits per heavy atom. The Morgan fingerprint density at radius 2 is 2.03 bits per heavy atom. The van der Waals surface area contributed by atoms with Gasteiger partial charge in [0.05, 0.1) is 35.0 Å². The molecule has 0 fully saturated rings. The molecule has 1 unspecified atom stereocenters. The van der Waals surface area contributed by atoms with Gasteiger partial charge in [0, 0.05) is 47.0 Å². The van der Waals surface area contributed by atoms with Crippen LogP contribution in [-0.2, 0) is 6.42 Å². The van der Waals surface area contributed by atoms with Crippen molar-refractivity contribution in [1.29, 1.82) is 5.41 Å². The van der Waals surface area contributed by atoms with Gasteiger partial charge in [0.15, 0.2) is 0 Å². The standard InChI is InChI=1S/C25H26N8/c1-4-19-23(22(9-26)33-12-14(2)29-13-33)15(3)30-24(19)25-20-8-16(5-6-21(20)31-32-25)17-7-18(27)11-28-10-17/h5-13,22,26,30H,4,27H2,1-3H3,(H,31,32). The van der Waals surface area contributed by atoms with Crippen LogP contribution in [0.4, 0.5) is 5.69 Å². The molecule has 0 aliphatic heterocycles. The highest BCUT2D eigenvalue weighted by molar-refractivity contribution is 5.96. The van der Waals surface area contributed by atoms with E-state index in [0.29, 0.717) is 5.69 Å². The number of nitrogens with two attached hydrogens (primary N) is 1. The predicted molar refractivity (Wildman–Crippen MR) is 132 cm³/mol. The van der Waals surface area contributed by atoms with Gasteiger partial charge < -0.3 is 20.7 Å². The van der Waals surface area contributed by atoms with Crippen molar-refractivity contribution in [2.75, 3.05) is 5.73 Å². The van der Waals surface area contributed by atoms with Crippen molar-refractivity contribution in [3.05, 3.63) is 71.7 Å². The Balaban J connectivity index is 1.67. The summed E-state index contributed by atoms with van der Waals surface area (Å²) < 4.78 is 1.98. The molecule has 0 aliphatic rings. The maximum atomic E-state index is 8.14. The molecule has 0 radical (unpaired) electrons. The number of nitrogen functional groups attached to an aromatic ring is 1. The first-order chi connectivity index (χ1) is 16.0. The average molecular weight is 439 g/mol. The van der Waals surface area contributed by atoms with Crippen molar-refractivity contribution in [3.63, 3.8) is 0 Å². The summed E-state index contributed by atoms with van der Waals surface area (Å²) in [6, 6.07) is 7.88. The number of benzene rings is 1. The molecule has 0 bridgehead atoms. The third-order valence-corrected chi connectivity index (χ3v) is 6.09. The number of rotatable bonds is 6. The van der Waals surface area contributed by atoms with Crippen LogP contribution in [0.2, 0.25) is 0 Å². The minimum Gasteiger partial charge on any atom is -0.397 e. The van der Waals surface area contributed by atoms with Crippen molar-refractivity contribution in [2.24, 2.45) is 0 Å². The molecule has 0 aliphatic carbocycles. The lowest BCUT2D eigenvalue weighted by molar-refractivity contribution is 0.729. The van der Waals surface area contributed by atoms with Crippen LogP contribution >= 0.6 is 0 Å². The Morgan fingerprint density at radius 3 is 2.73 bits per heavy atom. The number of hydrogen-bond donors (Lipinski definition) is 4. The van der Waals surface area contributed by atoms with Gasteiger partial charge in [-0.3, -0.25) is 10.1 Å². The molecule has 5 rings (SSSR count). The molecule has 166 valence electrons. The molecule has 0 amide bonds. The molecule has 8 heteroatoms. The van der Waals surface area contributed by atoms with Crippen LogP contribution in [0.1, 0.15) is 35.5 Å². The SMILES string of the molecule is CCc1c(-c2n[nH]c3ccc(-c4cncc(N)c4)cc23)[nH]c(C)c1C(C=N)n1cnc(C)c1. The monoisotopic (exact) mass is 438 g/mol. The van der Waals surface area contributed by atoms with E-state index in [1.54, 1.807) is 12.5 Å². The largest absolute Gasteiger partial charge is 0.397 e. The van der Waals surface area contributed by atoms with E-state index < -0.39 is 0 Å². The number of fused-ring (bicyclic) bond motifs is 1. The molecule has 0 saturated heterocycles. The topological polar surface area (TPSA) is 125 Å². The number of pyridine rings is 1. The van der Waals surface area contributed by atoms with Gasteiger partial charge >= 0.3 is 0 Å². The lowest BCUT2D eigenvalue weighted by Gasteiger charge is -2.16. The van der Waals surface area contributed by atoms with Crippen LogP contribution in [0.5, 0.6) is 0 Å². The Kier molecular flexibility index (Phi) is 5.05. The number of aromatic nitrogens is 6. The van der Waals surface area contributed by atoms with E-state index in [1.807, 2.05) is 42.1 Å². The number of hydrogen-bond acceptors (Lipinski definition) is 5. The van der Waals surface area contributed by atoms with E-state index in [0.717, 1.165) is 62.4 Å². The number of aryl methyl sites for hydroxylation is 2. The van der Waals surface area contributed by atoms with Crippen molar-refractivity contribution >= 4 is 22.8 Å². The summed E-state index contributed by atoms with van der Waals surface area (Å²) in [7, 11) is 0. The highest BCUT2D eigenvalue weighted by Gasteiger charge is 2.24. The molecule has 0 saturated carbocycles. The highest BCUT2D eigenvalue weighted by atomic mass is 15.1. The first kappa shape index (κ1) is 20.7. The fourth-order valence-corrected chi connectivity index (χ4v) is 4.57. The summed E-state index contributed by atoms with van der Waals surface area (Å²) in [6.45, 7) is 6.14. The second kappa shape index (κ2) is 8.05. The predicted octanol–water partition coefficient (Wildman–Crippen LogP) is 4.82. The molecule has 8 nitrogen and oxygen atoms in total. The molecule has 4 aromatic heterocycles. The van der Waals surface area contributed by atoms with E-state index in [2.05, 4.69) is 45.1 Å². The quantitative estimate of drug-likeness (QED) is 0.284. The number of H-pyrrole nitrogens is 2. The average Bonchev–Trinajstić information content (AvgIpc) is 3.51. The van der Waals surface area contributed by atoms with Crippen LogP contribution in [-0.4, -0.2) is 35.9 Å². The molecule has 1 aromatic carbocycles. The van der Waals surface area contributed by atoms with Gasteiger partial charge in [-0.05, 0) is 49.6 Å². The lowest BCUT2D eigenvalue weighted by atomic mass is 9.97. The first-order valence-electron chi connectivity index (χ1n) is 10.9. The number of aromatic amines is 2. The van der Waals surface area contributed by atoms with Crippen LogP contribution in [0, 0.1) is 19.3 Å². The smallest absolute Gasteiger partial charge is 0.116 e. The van der Waals surface area contributed by atoms with Gasteiger partial charge in [-0.1, -0.05) is 13.0 Å². The Bertz CT molecular complexity index is 1470. The van der Waals surface area contributed by atoms with Crippen LogP contribution in [0.15, 0.2) is 49.2 Å². The van der Waals surface area contributed by atoms with Gasteiger partial charge in [0.2, 0.25) is 0 Å². The van der Waals surface area contributed by atoms with Gasteiger partial charge in [-0.25, -0.2) is 4.98 Å². The summed E-state index contributed by atoms with van der Waals surface area (Å²) in [5.74, 6) is 0. The minimum absolute atomic E-state index is 0.231. The maximum Gasteiger partial charge on any atom is 0.116 e. The zero-order valence-electron chi connectivity index (χ0n) is 18.8. The first-order valence-corrected chi connectivity index (χ1v) is 10.9. The number of nitrogens with one attached hydrogen (secondary N) is 3. The molecular weight excluding hydrogens is 412 g/mol.